The lowest BCUT2D eigenvalue weighted by Gasteiger charge is -2.24. The van der Waals surface area contributed by atoms with Crippen molar-refractivity contribution in [3.63, 3.8) is 0 Å². The van der Waals surface area contributed by atoms with Gasteiger partial charge in [-0.2, -0.15) is 0 Å². The number of aromatic carboxylic acids is 4. The lowest BCUT2D eigenvalue weighted by molar-refractivity contribution is -0.277. The van der Waals surface area contributed by atoms with Gasteiger partial charge in [0.15, 0.2) is 11.5 Å². The molecule has 0 spiro atoms. The molecule has 0 aliphatic heterocycles. The summed E-state index contributed by atoms with van der Waals surface area (Å²) >= 11 is 0. The van der Waals surface area contributed by atoms with Crippen molar-refractivity contribution in [2.24, 2.45) is 0 Å². The Hall–Kier alpha value is -5.32. The van der Waals surface area contributed by atoms with Gasteiger partial charge < -0.3 is 39.4 Å². The van der Waals surface area contributed by atoms with E-state index >= 15 is 0 Å². The zero-order chi connectivity index (χ0) is 34.3. The summed E-state index contributed by atoms with van der Waals surface area (Å²) in [5.74, 6) is -21.3. The van der Waals surface area contributed by atoms with Crippen LogP contribution >= 0.6 is 0 Å². The van der Waals surface area contributed by atoms with Crippen LogP contribution in [-0.2, 0) is 0 Å². The standard InChI is InChI=1S/C20H6F12O12/c21-17(22,23)41-5-1-3(11(43-19(27,28)29)9(15(37)38)7(5)13(33)34)4-2-6(42-18(24,25)26)8(14(35)36)10(16(39)40)12(4)44-20(30,31)32/h1-2H,(H,33,34)(H,35,36)(H,37,38)(H,39,40). The second-order valence-corrected chi connectivity index (χ2v) is 7.41. The highest BCUT2D eigenvalue weighted by molar-refractivity contribution is 6.11. The minimum Gasteiger partial charge on any atom is -0.478 e. The lowest BCUT2D eigenvalue weighted by Crippen LogP contribution is -2.25. The molecule has 0 radical (unpaired) electrons. The highest BCUT2D eigenvalue weighted by atomic mass is 19.4. The first kappa shape index (κ1) is 34.9. The van der Waals surface area contributed by atoms with Crippen LogP contribution < -0.4 is 18.9 Å². The van der Waals surface area contributed by atoms with E-state index in [0.717, 1.165) is 0 Å². The molecule has 0 fully saturated rings. The molecule has 0 heterocycles. The maximum Gasteiger partial charge on any atom is 0.573 e. The Morgan fingerprint density at radius 1 is 0.432 bits per heavy atom. The molecule has 2 aromatic rings. The first-order chi connectivity index (χ1) is 19.6. The van der Waals surface area contributed by atoms with Gasteiger partial charge in [0.25, 0.3) is 0 Å². The van der Waals surface area contributed by atoms with Crippen molar-refractivity contribution >= 4 is 23.9 Å². The average Bonchev–Trinajstić information content (AvgIpc) is 2.75. The Morgan fingerprint density at radius 3 is 0.841 bits per heavy atom. The summed E-state index contributed by atoms with van der Waals surface area (Å²) in [6, 6.07) is -1.29. The molecule has 0 saturated heterocycles. The molecule has 0 unspecified atom stereocenters. The fourth-order valence-corrected chi connectivity index (χ4v) is 3.37. The fraction of sp³-hybridized carbons (Fsp3) is 0.200. The molecule has 2 rings (SSSR count). The van der Waals surface area contributed by atoms with Gasteiger partial charge in [0.1, 0.15) is 33.8 Å². The largest absolute Gasteiger partial charge is 0.573 e. The number of carbonyl (C=O) groups is 4. The van der Waals surface area contributed by atoms with Crippen LogP contribution in [0.5, 0.6) is 23.0 Å². The van der Waals surface area contributed by atoms with Crippen molar-refractivity contribution in [2.75, 3.05) is 0 Å². The highest BCUT2D eigenvalue weighted by Gasteiger charge is 2.45. The molecule has 2 aromatic carbocycles. The molecule has 242 valence electrons. The van der Waals surface area contributed by atoms with Gasteiger partial charge in [-0.3, -0.25) is 0 Å². The van der Waals surface area contributed by atoms with Crippen molar-refractivity contribution in [2.45, 2.75) is 25.4 Å². The predicted molar refractivity (Wildman–Crippen MR) is 106 cm³/mol. The monoisotopic (exact) mass is 666 g/mol. The molecule has 24 heteroatoms. The van der Waals surface area contributed by atoms with Gasteiger partial charge in [0, 0.05) is 11.1 Å². The van der Waals surface area contributed by atoms with Crippen LogP contribution in [0.4, 0.5) is 52.7 Å². The first-order valence-electron chi connectivity index (χ1n) is 10.0. The molecule has 0 aliphatic rings. The van der Waals surface area contributed by atoms with Gasteiger partial charge in [-0.15, -0.1) is 52.7 Å². The van der Waals surface area contributed by atoms with E-state index in [0.29, 0.717) is 0 Å². The number of carboxylic acids is 4. The number of ether oxygens (including phenoxy) is 4. The smallest absolute Gasteiger partial charge is 0.478 e. The molecule has 0 bridgehead atoms. The molecule has 4 N–H and O–H groups in total. The third-order valence-corrected chi connectivity index (χ3v) is 4.52. The average molecular weight is 666 g/mol. The normalized spacial score (nSPS) is 12.4. The number of benzene rings is 2. The highest BCUT2D eigenvalue weighted by Crippen LogP contribution is 2.51. The van der Waals surface area contributed by atoms with Gasteiger partial charge in [-0.05, 0) is 12.1 Å². The van der Waals surface area contributed by atoms with Crippen LogP contribution in [0.15, 0.2) is 12.1 Å². The molecule has 0 saturated carbocycles. The Kier molecular flexibility index (Phi) is 9.04. The Labute approximate surface area is 230 Å². The maximum atomic E-state index is 13.3. The Morgan fingerprint density at radius 2 is 0.659 bits per heavy atom. The van der Waals surface area contributed by atoms with Crippen molar-refractivity contribution in [1.82, 2.24) is 0 Å². The number of hydrogen-bond acceptors (Lipinski definition) is 8. The predicted octanol–water partition coefficient (Wildman–Crippen LogP) is 5.74. The molecule has 12 nitrogen and oxygen atoms in total. The summed E-state index contributed by atoms with van der Waals surface area (Å²) in [6.07, 6.45) is -24.5. The summed E-state index contributed by atoms with van der Waals surface area (Å²) in [4.78, 5) is 46.9. The SMILES string of the molecule is O=C(O)c1c(OC(F)(F)F)cc(-c2cc(OC(F)(F)F)c(C(=O)O)c(C(=O)O)c2OC(F)(F)F)c(OC(F)(F)F)c1C(=O)O. The Bertz CT molecular complexity index is 1410. The lowest BCUT2D eigenvalue weighted by atomic mass is 9.92. The third kappa shape index (κ3) is 8.37. The second-order valence-electron chi connectivity index (χ2n) is 7.41. The summed E-state index contributed by atoms with van der Waals surface area (Å²) in [7, 11) is 0. The second kappa shape index (κ2) is 11.4. The van der Waals surface area contributed by atoms with Gasteiger partial charge in [0.2, 0.25) is 0 Å². The van der Waals surface area contributed by atoms with Crippen molar-refractivity contribution in [3.8, 4) is 34.1 Å². The number of carboxylic acid groups (broad SMARTS) is 4. The number of alkyl halides is 12. The molecule has 0 amide bonds. The third-order valence-electron chi connectivity index (χ3n) is 4.52. The van der Waals surface area contributed by atoms with E-state index in [2.05, 4.69) is 18.9 Å². The van der Waals surface area contributed by atoms with E-state index in [1.807, 2.05) is 0 Å². The number of halogens is 12. The van der Waals surface area contributed by atoms with Gasteiger partial charge in [-0.25, -0.2) is 19.2 Å². The van der Waals surface area contributed by atoms with Crippen molar-refractivity contribution < 1.29 is 111 Å². The number of rotatable bonds is 9. The molecule has 44 heavy (non-hydrogen) atoms. The van der Waals surface area contributed by atoms with E-state index in [9.17, 15) is 92.3 Å². The summed E-state index contributed by atoms with van der Waals surface area (Å²) in [5, 5.41) is 37.3. The minimum absolute atomic E-state index is 0.646. The summed E-state index contributed by atoms with van der Waals surface area (Å²) in [5.41, 5.74) is -14.0. The van der Waals surface area contributed by atoms with Crippen molar-refractivity contribution in [1.29, 1.82) is 0 Å². The van der Waals surface area contributed by atoms with Crippen LogP contribution in [0, 0.1) is 0 Å². The zero-order valence-corrected chi connectivity index (χ0v) is 19.7. The zero-order valence-electron chi connectivity index (χ0n) is 19.7. The van der Waals surface area contributed by atoms with Crippen LogP contribution in [0.25, 0.3) is 11.1 Å². The summed E-state index contributed by atoms with van der Waals surface area (Å²) in [6.45, 7) is 0. The quantitative estimate of drug-likeness (QED) is 0.238. The summed E-state index contributed by atoms with van der Waals surface area (Å²) < 4.78 is 171. The molecule has 0 atom stereocenters. The van der Waals surface area contributed by atoms with Gasteiger partial charge in [0.05, 0.1) is 0 Å². The van der Waals surface area contributed by atoms with E-state index in [-0.39, 0.29) is 0 Å². The van der Waals surface area contributed by atoms with E-state index < -0.39 is 118 Å². The van der Waals surface area contributed by atoms with Crippen LogP contribution in [0.1, 0.15) is 41.4 Å². The topological polar surface area (TPSA) is 186 Å². The van der Waals surface area contributed by atoms with Crippen LogP contribution in [-0.4, -0.2) is 69.8 Å². The van der Waals surface area contributed by atoms with Crippen molar-refractivity contribution in [3.05, 3.63) is 34.4 Å². The van der Waals surface area contributed by atoms with Gasteiger partial charge >= 0.3 is 49.3 Å². The van der Waals surface area contributed by atoms with Gasteiger partial charge in [-0.1, -0.05) is 0 Å². The molecular weight excluding hydrogens is 660 g/mol. The first-order valence-corrected chi connectivity index (χ1v) is 10.0. The minimum atomic E-state index is -6.21. The molecule has 0 aliphatic carbocycles. The van der Waals surface area contributed by atoms with Crippen LogP contribution in [0.3, 0.4) is 0 Å². The maximum absolute atomic E-state index is 13.3. The van der Waals surface area contributed by atoms with E-state index in [1.165, 1.54) is 0 Å². The fourth-order valence-electron chi connectivity index (χ4n) is 3.37. The van der Waals surface area contributed by atoms with E-state index in [1.54, 1.807) is 0 Å². The Balaban J connectivity index is 3.47. The van der Waals surface area contributed by atoms with E-state index in [4.69, 9.17) is 0 Å². The van der Waals surface area contributed by atoms with Crippen LogP contribution in [0.2, 0.25) is 0 Å². The molecular formula is C20H6F12O12. The number of hydrogen-bond donors (Lipinski definition) is 4. The molecule has 0 aromatic heterocycles.